The summed E-state index contributed by atoms with van der Waals surface area (Å²) in [6, 6.07) is 9.49. The Balaban J connectivity index is 1.66. The lowest BCUT2D eigenvalue weighted by Gasteiger charge is -2.35. The fourth-order valence-electron chi connectivity index (χ4n) is 3.73. The van der Waals surface area contributed by atoms with E-state index in [-0.39, 0.29) is 30.6 Å². The van der Waals surface area contributed by atoms with Gasteiger partial charge < -0.3 is 15.4 Å². The van der Waals surface area contributed by atoms with Gasteiger partial charge in [-0.15, -0.1) is 0 Å². The molecule has 2 N–H and O–H groups in total. The number of ether oxygens (including phenoxy) is 1. The van der Waals surface area contributed by atoms with Crippen LogP contribution in [0, 0.1) is 19.7 Å². The highest BCUT2D eigenvalue weighted by molar-refractivity contribution is 5.88. The Morgan fingerprint density at radius 2 is 2.07 bits per heavy atom. The van der Waals surface area contributed by atoms with Crippen LogP contribution < -0.4 is 15.4 Å². The topological polar surface area (TPSA) is 70.7 Å². The number of piperazine rings is 1. The zero-order valence-electron chi connectivity index (χ0n) is 17.6. The molecule has 0 aromatic heterocycles. The van der Waals surface area contributed by atoms with Gasteiger partial charge in [0.2, 0.25) is 11.8 Å². The van der Waals surface area contributed by atoms with Crippen molar-refractivity contribution in [1.82, 2.24) is 15.5 Å². The average Bonchev–Trinajstić information content (AvgIpc) is 2.72. The van der Waals surface area contributed by atoms with E-state index < -0.39 is 6.04 Å². The lowest BCUT2D eigenvalue weighted by molar-refractivity contribution is -0.134. The number of methoxy groups -OCH3 is 1. The summed E-state index contributed by atoms with van der Waals surface area (Å²) in [7, 11) is 1.65. The van der Waals surface area contributed by atoms with Crippen LogP contribution in [-0.2, 0) is 22.7 Å². The van der Waals surface area contributed by atoms with E-state index in [0.29, 0.717) is 25.2 Å². The number of hydrogen-bond acceptors (Lipinski definition) is 4. The molecule has 2 aromatic rings. The minimum atomic E-state index is -0.548. The van der Waals surface area contributed by atoms with Gasteiger partial charge in [0.15, 0.2) is 0 Å². The number of nitrogens with zero attached hydrogens (tertiary/aromatic N) is 1. The molecule has 0 bridgehead atoms. The van der Waals surface area contributed by atoms with Crippen molar-refractivity contribution in [3.05, 3.63) is 64.5 Å². The molecule has 160 valence electrons. The second kappa shape index (κ2) is 9.71. The standard InChI is InChI=1S/C23H28FN3O3/c1-15-16(2)21(30-3)8-7-18(15)14-27-10-9-25-23(29)20(27)12-22(28)26-13-17-5-4-6-19(24)11-17/h4-8,11,20H,9-10,12-14H2,1-3H3,(H,25,29)(H,26,28). The monoisotopic (exact) mass is 413 g/mol. The number of rotatable bonds is 7. The van der Waals surface area contributed by atoms with Crippen molar-refractivity contribution in [3.8, 4) is 5.75 Å². The fourth-order valence-corrected chi connectivity index (χ4v) is 3.73. The van der Waals surface area contributed by atoms with E-state index >= 15 is 0 Å². The molecule has 7 heteroatoms. The van der Waals surface area contributed by atoms with Gasteiger partial charge in [0.05, 0.1) is 19.6 Å². The molecular formula is C23H28FN3O3. The van der Waals surface area contributed by atoms with Gasteiger partial charge in [-0.1, -0.05) is 18.2 Å². The van der Waals surface area contributed by atoms with Crippen LogP contribution in [-0.4, -0.2) is 43.0 Å². The maximum atomic E-state index is 13.3. The SMILES string of the molecule is COc1ccc(CN2CCNC(=O)C2CC(=O)NCc2cccc(F)c2)c(C)c1C. The molecule has 6 nitrogen and oxygen atoms in total. The van der Waals surface area contributed by atoms with Crippen LogP contribution >= 0.6 is 0 Å². The molecule has 1 fully saturated rings. The van der Waals surface area contributed by atoms with Crippen LogP contribution in [0.2, 0.25) is 0 Å². The van der Waals surface area contributed by atoms with Gasteiger partial charge in [0.1, 0.15) is 11.6 Å². The van der Waals surface area contributed by atoms with Gasteiger partial charge in [-0.3, -0.25) is 14.5 Å². The van der Waals surface area contributed by atoms with Crippen molar-refractivity contribution in [2.75, 3.05) is 20.2 Å². The van der Waals surface area contributed by atoms with Gasteiger partial charge in [-0.2, -0.15) is 0 Å². The Bertz CT molecular complexity index is 932. The third kappa shape index (κ3) is 5.16. The van der Waals surface area contributed by atoms with E-state index in [1.54, 1.807) is 19.2 Å². The van der Waals surface area contributed by atoms with Crippen LogP contribution in [0.5, 0.6) is 5.75 Å². The van der Waals surface area contributed by atoms with Crippen LogP contribution in [0.1, 0.15) is 28.7 Å². The van der Waals surface area contributed by atoms with Gasteiger partial charge in [0, 0.05) is 26.2 Å². The summed E-state index contributed by atoms with van der Waals surface area (Å²) >= 11 is 0. The van der Waals surface area contributed by atoms with Crippen molar-refractivity contribution in [2.45, 2.75) is 39.4 Å². The summed E-state index contributed by atoms with van der Waals surface area (Å²) in [5, 5.41) is 5.63. The Hall–Kier alpha value is -2.93. The van der Waals surface area contributed by atoms with E-state index in [0.717, 1.165) is 22.4 Å². The van der Waals surface area contributed by atoms with Gasteiger partial charge >= 0.3 is 0 Å². The van der Waals surface area contributed by atoms with Crippen molar-refractivity contribution < 1.29 is 18.7 Å². The molecule has 1 atom stereocenters. The van der Waals surface area contributed by atoms with E-state index in [1.165, 1.54) is 12.1 Å². The van der Waals surface area contributed by atoms with Crippen molar-refractivity contribution in [3.63, 3.8) is 0 Å². The van der Waals surface area contributed by atoms with Crippen LogP contribution in [0.3, 0.4) is 0 Å². The zero-order valence-corrected chi connectivity index (χ0v) is 17.6. The number of carbonyl (C=O) groups excluding carboxylic acids is 2. The smallest absolute Gasteiger partial charge is 0.237 e. The largest absolute Gasteiger partial charge is 0.496 e. The van der Waals surface area contributed by atoms with Crippen molar-refractivity contribution in [1.29, 1.82) is 0 Å². The van der Waals surface area contributed by atoms with Gasteiger partial charge in [0.25, 0.3) is 0 Å². The predicted molar refractivity (Wildman–Crippen MR) is 113 cm³/mol. The van der Waals surface area contributed by atoms with Crippen LogP contribution in [0.25, 0.3) is 0 Å². The summed E-state index contributed by atoms with van der Waals surface area (Å²) in [5.41, 5.74) is 3.97. The van der Waals surface area contributed by atoms with E-state index in [9.17, 15) is 14.0 Å². The number of hydrogen-bond donors (Lipinski definition) is 2. The van der Waals surface area contributed by atoms with Gasteiger partial charge in [-0.05, 0) is 54.3 Å². The molecular weight excluding hydrogens is 385 g/mol. The minimum absolute atomic E-state index is 0.0509. The normalized spacial score (nSPS) is 16.8. The first-order valence-electron chi connectivity index (χ1n) is 10.0. The quantitative estimate of drug-likeness (QED) is 0.732. The maximum Gasteiger partial charge on any atom is 0.237 e. The average molecular weight is 413 g/mol. The van der Waals surface area contributed by atoms with Crippen LogP contribution in [0.15, 0.2) is 36.4 Å². The highest BCUT2D eigenvalue weighted by Crippen LogP contribution is 2.26. The molecule has 1 saturated heterocycles. The molecule has 3 rings (SSSR count). The third-order valence-electron chi connectivity index (χ3n) is 5.64. The number of nitrogens with one attached hydrogen (secondary N) is 2. The van der Waals surface area contributed by atoms with E-state index in [2.05, 4.69) is 10.6 Å². The van der Waals surface area contributed by atoms with Gasteiger partial charge in [-0.25, -0.2) is 4.39 Å². The maximum absolute atomic E-state index is 13.3. The number of benzene rings is 2. The van der Waals surface area contributed by atoms with Crippen molar-refractivity contribution in [2.24, 2.45) is 0 Å². The van der Waals surface area contributed by atoms with E-state index in [1.807, 2.05) is 30.9 Å². The summed E-state index contributed by atoms with van der Waals surface area (Å²) < 4.78 is 18.7. The predicted octanol–water partition coefficient (Wildman–Crippen LogP) is 2.46. The Morgan fingerprint density at radius 1 is 1.27 bits per heavy atom. The Morgan fingerprint density at radius 3 is 2.80 bits per heavy atom. The molecule has 1 heterocycles. The summed E-state index contributed by atoms with van der Waals surface area (Å²) in [5.74, 6) is 0.102. The second-order valence-corrected chi connectivity index (χ2v) is 7.57. The molecule has 0 aliphatic carbocycles. The lowest BCUT2D eigenvalue weighted by atomic mass is 10.00. The summed E-state index contributed by atoms with van der Waals surface area (Å²) in [4.78, 5) is 27.0. The Kier molecular flexibility index (Phi) is 7.05. The lowest BCUT2D eigenvalue weighted by Crippen LogP contribution is -2.56. The number of amides is 2. The molecule has 0 spiro atoms. The zero-order chi connectivity index (χ0) is 21.7. The molecule has 1 aliphatic heterocycles. The molecule has 1 unspecified atom stereocenters. The molecule has 2 aromatic carbocycles. The number of halogens is 1. The third-order valence-corrected chi connectivity index (χ3v) is 5.64. The molecule has 0 saturated carbocycles. The summed E-state index contributed by atoms with van der Waals surface area (Å²) in [6.45, 7) is 6.07. The molecule has 2 amide bonds. The minimum Gasteiger partial charge on any atom is -0.496 e. The first kappa shape index (κ1) is 21.8. The second-order valence-electron chi connectivity index (χ2n) is 7.57. The van der Waals surface area contributed by atoms with Crippen molar-refractivity contribution >= 4 is 11.8 Å². The first-order valence-corrected chi connectivity index (χ1v) is 10.0. The summed E-state index contributed by atoms with van der Waals surface area (Å²) in [6.07, 6.45) is 0.0509. The highest BCUT2D eigenvalue weighted by atomic mass is 19.1. The molecule has 0 radical (unpaired) electrons. The fraction of sp³-hybridized carbons (Fsp3) is 0.391. The molecule has 1 aliphatic rings. The van der Waals surface area contributed by atoms with Crippen LogP contribution in [0.4, 0.5) is 4.39 Å². The van der Waals surface area contributed by atoms with E-state index in [4.69, 9.17) is 4.74 Å². The molecule has 30 heavy (non-hydrogen) atoms. The highest BCUT2D eigenvalue weighted by Gasteiger charge is 2.31. The first-order chi connectivity index (χ1) is 14.4. The Labute approximate surface area is 176 Å². The number of carbonyl (C=O) groups is 2.